The number of anilines is 1. The van der Waals surface area contributed by atoms with Gasteiger partial charge in [-0.3, -0.25) is 5.10 Å². The van der Waals surface area contributed by atoms with Gasteiger partial charge in [-0.05, 0) is 43.6 Å². The molecule has 1 atom stereocenters. The van der Waals surface area contributed by atoms with Crippen LogP contribution >= 0.6 is 11.6 Å². The van der Waals surface area contributed by atoms with Crippen LogP contribution < -0.4 is 10.6 Å². The van der Waals surface area contributed by atoms with Gasteiger partial charge in [-0.2, -0.15) is 5.10 Å². The van der Waals surface area contributed by atoms with Gasteiger partial charge in [0.1, 0.15) is 11.3 Å². The normalized spacial score (nSPS) is 21.7. The fraction of sp³-hybridized carbons (Fsp3) is 0.476. The summed E-state index contributed by atoms with van der Waals surface area (Å²) in [5, 5.41) is 8.20. The molecule has 28 heavy (non-hydrogen) atoms. The SMILES string of the molecule is Cc1cccc(-c2[nH]nc3nc(N4CCC5(CCC[C@@H]5N)CC4)cnc23)c1Cl. The molecule has 1 aliphatic carbocycles. The average Bonchev–Trinajstić information content (AvgIpc) is 3.28. The summed E-state index contributed by atoms with van der Waals surface area (Å²) in [5.41, 5.74) is 10.9. The van der Waals surface area contributed by atoms with Crippen LogP contribution in [0.4, 0.5) is 5.82 Å². The lowest BCUT2D eigenvalue weighted by atomic mass is 9.74. The molecule has 1 aliphatic heterocycles. The first kappa shape index (κ1) is 17.9. The fourth-order valence-electron chi connectivity index (χ4n) is 4.93. The van der Waals surface area contributed by atoms with Crippen LogP contribution in [0.15, 0.2) is 24.4 Å². The fourth-order valence-corrected chi connectivity index (χ4v) is 5.16. The van der Waals surface area contributed by atoms with Crippen molar-refractivity contribution >= 4 is 28.6 Å². The van der Waals surface area contributed by atoms with Gasteiger partial charge < -0.3 is 10.6 Å². The Morgan fingerprint density at radius 3 is 2.82 bits per heavy atom. The number of piperidine rings is 1. The van der Waals surface area contributed by atoms with Crippen LogP contribution in [0, 0.1) is 12.3 Å². The largest absolute Gasteiger partial charge is 0.355 e. The molecule has 3 N–H and O–H groups in total. The van der Waals surface area contributed by atoms with E-state index in [0.29, 0.717) is 22.1 Å². The first-order chi connectivity index (χ1) is 13.6. The molecule has 6 nitrogen and oxygen atoms in total. The molecule has 5 rings (SSSR count). The molecule has 0 unspecified atom stereocenters. The van der Waals surface area contributed by atoms with Crippen molar-refractivity contribution in [1.29, 1.82) is 0 Å². The number of rotatable bonds is 2. The molecular weight excluding hydrogens is 372 g/mol. The number of halogens is 1. The van der Waals surface area contributed by atoms with E-state index in [9.17, 15) is 0 Å². The number of aryl methyl sites for hydroxylation is 1. The molecule has 0 radical (unpaired) electrons. The summed E-state index contributed by atoms with van der Waals surface area (Å²) in [7, 11) is 0. The van der Waals surface area contributed by atoms with E-state index in [1.54, 1.807) is 0 Å². The van der Waals surface area contributed by atoms with Crippen molar-refractivity contribution in [3.63, 3.8) is 0 Å². The highest BCUT2D eigenvalue weighted by atomic mass is 35.5. The highest BCUT2D eigenvalue weighted by molar-refractivity contribution is 6.34. The monoisotopic (exact) mass is 396 g/mol. The summed E-state index contributed by atoms with van der Waals surface area (Å²) >= 11 is 6.49. The Bertz CT molecular complexity index is 1020. The summed E-state index contributed by atoms with van der Waals surface area (Å²) in [6, 6.07) is 6.32. The number of aromatic nitrogens is 4. The summed E-state index contributed by atoms with van der Waals surface area (Å²) in [5.74, 6) is 0.891. The smallest absolute Gasteiger partial charge is 0.202 e. The van der Waals surface area contributed by atoms with Crippen LogP contribution in [0.5, 0.6) is 0 Å². The van der Waals surface area contributed by atoms with E-state index < -0.39 is 0 Å². The van der Waals surface area contributed by atoms with Crippen molar-refractivity contribution in [2.75, 3.05) is 18.0 Å². The van der Waals surface area contributed by atoms with Crippen LogP contribution in [0.1, 0.15) is 37.7 Å². The predicted octanol–water partition coefficient (Wildman–Crippen LogP) is 4.08. The summed E-state index contributed by atoms with van der Waals surface area (Å²) in [4.78, 5) is 11.8. The van der Waals surface area contributed by atoms with E-state index in [1.165, 1.54) is 19.3 Å². The van der Waals surface area contributed by atoms with Crippen molar-refractivity contribution < 1.29 is 0 Å². The number of hydrogen-bond acceptors (Lipinski definition) is 5. The van der Waals surface area contributed by atoms with Crippen molar-refractivity contribution in [3.05, 3.63) is 35.0 Å². The number of hydrogen-bond donors (Lipinski definition) is 2. The van der Waals surface area contributed by atoms with E-state index in [1.807, 2.05) is 31.3 Å². The quantitative estimate of drug-likeness (QED) is 0.681. The van der Waals surface area contributed by atoms with E-state index in [0.717, 1.165) is 54.1 Å². The number of aromatic amines is 1. The zero-order valence-electron chi connectivity index (χ0n) is 16.1. The van der Waals surface area contributed by atoms with Gasteiger partial charge in [-0.1, -0.05) is 36.2 Å². The molecule has 1 saturated heterocycles. The van der Waals surface area contributed by atoms with E-state index in [-0.39, 0.29) is 0 Å². The van der Waals surface area contributed by atoms with Crippen LogP contribution in [-0.2, 0) is 0 Å². The second-order valence-electron chi connectivity index (χ2n) is 8.28. The number of nitrogens with zero attached hydrogens (tertiary/aromatic N) is 4. The average molecular weight is 397 g/mol. The number of nitrogens with two attached hydrogens (primary N) is 1. The highest BCUT2D eigenvalue weighted by Gasteiger charge is 2.43. The number of H-pyrrole nitrogens is 1. The maximum absolute atomic E-state index is 6.49. The Kier molecular flexibility index (Phi) is 4.29. The van der Waals surface area contributed by atoms with Gasteiger partial charge in [0.2, 0.25) is 5.65 Å². The van der Waals surface area contributed by atoms with Crippen molar-refractivity contribution in [2.24, 2.45) is 11.1 Å². The van der Waals surface area contributed by atoms with Gasteiger partial charge in [0, 0.05) is 24.7 Å². The molecule has 3 aromatic rings. The Balaban J connectivity index is 1.42. The van der Waals surface area contributed by atoms with Gasteiger partial charge >= 0.3 is 0 Å². The zero-order valence-corrected chi connectivity index (χ0v) is 16.8. The first-order valence-electron chi connectivity index (χ1n) is 10.0. The molecule has 1 spiro atoms. The predicted molar refractivity (Wildman–Crippen MR) is 113 cm³/mol. The number of fused-ring (bicyclic) bond motifs is 1. The van der Waals surface area contributed by atoms with Crippen LogP contribution in [-0.4, -0.2) is 39.3 Å². The standard InChI is InChI=1S/C21H25ClN6/c1-13-4-2-5-14(17(13)22)18-19-20(27-26-18)25-16(12-24-19)28-10-8-21(9-11-28)7-3-6-15(21)23/h2,4-5,12,15H,3,6-11,23H2,1H3,(H,25,26,27)/t15-/m0/s1. The van der Waals surface area contributed by atoms with E-state index >= 15 is 0 Å². The Hall–Kier alpha value is -2.18. The Morgan fingerprint density at radius 1 is 1.25 bits per heavy atom. The lowest BCUT2D eigenvalue weighted by Crippen LogP contribution is -2.47. The lowest BCUT2D eigenvalue weighted by molar-refractivity contribution is 0.197. The lowest BCUT2D eigenvalue weighted by Gasteiger charge is -2.42. The van der Waals surface area contributed by atoms with Crippen LogP contribution in [0.3, 0.4) is 0 Å². The van der Waals surface area contributed by atoms with Crippen LogP contribution in [0.2, 0.25) is 5.02 Å². The van der Waals surface area contributed by atoms with Gasteiger partial charge in [-0.25, -0.2) is 9.97 Å². The minimum absolute atomic E-state index is 0.343. The summed E-state index contributed by atoms with van der Waals surface area (Å²) in [6.45, 7) is 3.96. The highest BCUT2D eigenvalue weighted by Crippen LogP contribution is 2.46. The second-order valence-corrected chi connectivity index (χ2v) is 8.66. The van der Waals surface area contributed by atoms with Crippen LogP contribution in [0.25, 0.3) is 22.4 Å². The third-order valence-corrected chi connectivity index (χ3v) is 7.27. The molecule has 1 aromatic carbocycles. The van der Waals surface area contributed by atoms with Crippen molar-refractivity contribution in [2.45, 2.75) is 45.1 Å². The number of benzene rings is 1. The Morgan fingerprint density at radius 2 is 2.07 bits per heavy atom. The minimum atomic E-state index is 0.343. The molecule has 2 aromatic heterocycles. The first-order valence-corrected chi connectivity index (χ1v) is 10.4. The van der Waals surface area contributed by atoms with Crippen molar-refractivity contribution in [3.8, 4) is 11.3 Å². The van der Waals surface area contributed by atoms with Crippen molar-refractivity contribution in [1.82, 2.24) is 20.2 Å². The second kappa shape index (κ2) is 6.71. The maximum atomic E-state index is 6.49. The van der Waals surface area contributed by atoms with Gasteiger partial charge in [0.05, 0.1) is 16.9 Å². The Labute approximate surface area is 169 Å². The molecule has 7 heteroatoms. The van der Waals surface area contributed by atoms with Gasteiger partial charge in [0.15, 0.2) is 0 Å². The van der Waals surface area contributed by atoms with E-state index in [2.05, 4.69) is 20.1 Å². The molecule has 146 valence electrons. The molecular formula is C21H25ClN6. The van der Waals surface area contributed by atoms with Gasteiger partial charge in [-0.15, -0.1) is 0 Å². The summed E-state index contributed by atoms with van der Waals surface area (Å²) < 4.78 is 0. The summed E-state index contributed by atoms with van der Waals surface area (Å²) in [6.07, 6.45) is 7.84. The zero-order chi connectivity index (χ0) is 19.3. The third-order valence-electron chi connectivity index (χ3n) is 6.77. The topological polar surface area (TPSA) is 83.7 Å². The molecule has 2 fully saturated rings. The van der Waals surface area contributed by atoms with E-state index in [4.69, 9.17) is 22.3 Å². The molecule has 0 bridgehead atoms. The third kappa shape index (κ3) is 2.78. The van der Waals surface area contributed by atoms with Gasteiger partial charge in [0.25, 0.3) is 0 Å². The molecule has 0 amide bonds. The molecule has 3 heterocycles. The molecule has 1 saturated carbocycles. The number of nitrogens with one attached hydrogen (secondary N) is 1. The molecule has 2 aliphatic rings. The minimum Gasteiger partial charge on any atom is -0.355 e. The maximum Gasteiger partial charge on any atom is 0.202 e.